The number of carboxylic acids is 1. The number of aliphatic carboxylic acids is 1. The molecule has 0 rings (SSSR count). The molecular weight excluding hydrogens is 142 g/mol. The zero-order chi connectivity index (χ0) is 8.69. The van der Waals surface area contributed by atoms with E-state index in [1.807, 2.05) is 6.92 Å². The van der Waals surface area contributed by atoms with Gasteiger partial charge >= 0.3 is 5.97 Å². The van der Waals surface area contributed by atoms with Gasteiger partial charge in [0.25, 0.3) is 0 Å². The average molecular weight is 155 g/mol. The Morgan fingerprint density at radius 2 is 2.27 bits per heavy atom. The van der Waals surface area contributed by atoms with Crippen molar-refractivity contribution in [3.63, 3.8) is 0 Å². The van der Waals surface area contributed by atoms with E-state index in [0.717, 1.165) is 12.8 Å². The molecule has 0 bridgehead atoms. The van der Waals surface area contributed by atoms with Crippen LogP contribution in [0.1, 0.15) is 32.6 Å². The largest absolute Gasteiger partial charge is 0.481 e. The second-order valence-electron chi connectivity index (χ2n) is 2.67. The highest BCUT2D eigenvalue weighted by Crippen LogP contribution is 2.07. The Morgan fingerprint density at radius 3 is 2.73 bits per heavy atom. The third kappa shape index (κ3) is 6.85. The fraction of sp³-hybridized carbons (Fsp3) is 0.750. The van der Waals surface area contributed by atoms with Gasteiger partial charge in [-0.05, 0) is 19.8 Å². The molecule has 0 aliphatic rings. The lowest BCUT2D eigenvalue weighted by Gasteiger charge is -1.99. The summed E-state index contributed by atoms with van der Waals surface area (Å²) in [7, 11) is 0. The molecule has 0 radical (unpaired) electrons. The van der Waals surface area contributed by atoms with Crippen LogP contribution in [0.15, 0.2) is 0 Å². The average Bonchev–Trinajstić information content (AvgIpc) is 1.97. The van der Waals surface area contributed by atoms with Crippen molar-refractivity contribution >= 4 is 5.97 Å². The van der Waals surface area contributed by atoms with Crippen LogP contribution in [0.3, 0.4) is 0 Å². The lowest BCUT2D eigenvalue weighted by atomic mass is 10.1. The standard InChI is InChI=1S/C8H13NO2/c1-7(6-9)4-2-3-5-8(10)11/h7H,2-5H2,1H3,(H,10,11). The van der Waals surface area contributed by atoms with E-state index in [4.69, 9.17) is 10.4 Å². The first kappa shape index (κ1) is 9.96. The van der Waals surface area contributed by atoms with E-state index in [1.165, 1.54) is 0 Å². The van der Waals surface area contributed by atoms with Crippen LogP contribution in [-0.2, 0) is 4.79 Å². The summed E-state index contributed by atoms with van der Waals surface area (Å²) in [5, 5.41) is 16.6. The highest BCUT2D eigenvalue weighted by molar-refractivity contribution is 5.66. The minimum atomic E-state index is -0.755. The minimum absolute atomic E-state index is 0.0591. The molecule has 0 amide bonds. The second kappa shape index (κ2) is 5.72. The summed E-state index contributed by atoms with van der Waals surface area (Å²) in [6, 6.07) is 2.11. The highest BCUT2D eigenvalue weighted by atomic mass is 16.4. The third-order valence-electron chi connectivity index (χ3n) is 1.50. The van der Waals surface area contributed by atoms with Crippen molar-refractivity contribution in [1.82, 2.24) is 0 Å². The van der Waals surface area contributed by atoms with Crippen molar-refractivity contribution in [2.45, 2.75) is 32.6 Å². The quantitative estimate of drug-likeness (QED) is 0.615. The summed E-state index contributed by atoms with van der Waals surface area (Å²) in [5.74, 6) is -0.696. The Labute approximate surface area is 66.6 Å². The molecule has 0 spiro atoms. The first-order valence-electron chi connectivity index (χ1n) is 3.78. The summed E-state index contributed by atoms with van der Waals surface area (Å²) in [6.45, 7) is 1.85. The molecular formula is C8H13NO2. The van der Waals surface area contributed by atoms with E-state index in [1.54, 1.807) is 0 Å². The van der Waals surface area contributed by atoms with Gasteiger partial charge in [-0.2, -0.15) is 5.26 Å². The summed E-state index contributed by atoms with van der Waals surface area (Å²) in [4.78, 5) is 10.0. The number of nitriles is 1. The predicted octanol–water partition coefficient (Wildman–Crippen LogP) is 1.79. The lowest BCUT2D eigenvalue weighted by Crippen LogP contribution is -1.95. The van der Waals surface area contributed by atoms with Crippen LogP contribution in [0, 0.1) is 17.2 Å². The number of hydrogen-bond donors (Lipinski definition) is 1. The molecule has 0 aromatic rings. The Morgan fingerprint density at radius 1 is 1.64 bits per heavy atom. The topological polar surface area (TPSA) is 61.1 Å². The fourth-order valence-electron chi connectivity index (χ4n) is 0.791. The van der Waals surface area contributed by atoms with Crippen molar-refractivity contribution < 1.29 is 9.90 Å². The molecule has 0 aromatic heterocycles. The van der Waals surface area contributed by atoms with E-state index in [-0.39, 0.29) is 12.3 Å². The Kier molecular flexibility index (Phi) is 5.18. The maximum Gasteiger partial charge on any atom is 0.303 e. The predicted molar refractivity (Wildman–Crippen MR) is 40.9 cm³/mol. The second-order valence-corrected chi connectivity index (χ2v) is 2.67. The van der Waals surface area contributed by atoms with Gasteiger partial charge in [-0.15, -0.1) is 0 Å². The monoisotopic (exact) mass is 155 g/mol. The SMILES string of the molecule is CC(C#N)CCCCC(=O)O. The van der Waals surface area contributed by atoms with Crippen LogP contribution in [0.2, 0.25) is 0 Å². The van der Waals surface area contributed by atoms with E-state index in [2.05, 4.69) is 6.07 Å². The zero-order valence-electron chi connectivity index (χ0n) is 6.71. The van der Waals surface area contributed by atoms with Gasteiger partial charge in [-0.3, -0.25) is 4.79 Å². The van der Waals surface area contributed by atoms with E-state index < -0.39 is 5.97 Å². The molecule has 0 aliphatic carbocycles. The molecule has 3 heteroatoms. The Bertz CT molecular complexity index is 160. The number of unbranched alkanes of at least 4 members (excludes halogenated alkanes) is 1. The van der Waals surface area contributed by atoms with E-state index in [0.29, 0.717) is 6.42 Å². The van der Waals surface area contributed by atoms with E-state index in [9.17, 15) is 4.79 Å². The van der Waals surface area contributed by atoms with E-state index >= 15 is 0 Å². The molecule has 0 saturated carbocycles. The molecule has 62 valence electrons. The molecule has 0 fully saturated rings. The van der Waals surface area contributed by atoms with Gasteiger partial charge in [0.1, 0.15) is 0 Å². The van der Waals surface area contributed by atoms with Gasteiger partial charge in [0.15, 0.2) is 0 Å². The molecule has 1 unspecified atom stereocenters. The third-order valence-corrected chi connectivity index (χ3v) is 1.50. The molecule has 3 nitrogen and oxygen atoms in total. The van der Waals surface area contributed by atoms with Crippen molar-refractivity contribution in [3.05, 3.63) is 0 Å². The first-order chi connectivity index (χ1) is 5.16. The van der Waals surface area contributed by atoms with Crippen LogP contribution in [0.5, 0.6) is 0 Å². The van der Waals surface area contributed by atoms with Crippen LogP contribution in [0.4, 0.5) is 0 Å². The zero-order valence-corrected chi connectivity index (χ0v) is 6.71. The number of nitrogens with zero attached hydrogens (tertiary/aromatic N) is 1. The number of carboxylic acid groups (broad SMARTS) is 1. The first-order valence-corrected chi connectivity index (χ1v) is 3.78. The fourth-order valence-corrected chi connectivity index (χ4v) is 0.791. The molecule has 1 N–H and O–H groups in total. The molecule has 0 aliphatic heterocycles. The van der Waals surface area contributed by atoms with Crippen molar-refractivity contribution in [3.8, 4) is 6.07 Å². The summed E-state index contributed by atoms with van der Waals surface area (Å²) in [5.41, 5.74) is 0. The maximum atomic E-state index is 10.0. The van der Waals surface area contributed by atoms with Gasteiger partial charge in [0, 0.05) is 12.3 Å². The molecule has 1 atom stereocenters. The summed E-state index contributed by atoms with van der Waals surface area (Å²) < 4.78 is 0. The van der Waals surface area contributed by atoms with Crippen molar-refractivity contribution in [2.24, 2.45) is 5.92 Å². The number of hydrogen-bond acceptors (Lipinski definition) is 2. The van der Waals surface area contributed by atoms with Crippen LogP contribution in [-0.4, -0.2) is 11.1 Å². The smallest absolute Gasteiger partial charge is 0.303 e. The van der Waals surface area contributed by atoms with Crippen LogP contribution < -0.4 is 0 Å². The minimum Gasteiger partial charge on any atom is -0.481 e. The maximum absolute atomic E-state index is 10.0. The highest BCUT2D eigenvalue weighted by Gasteiger charge is 2.00. The van der Waals surface area contributed by atoms with Crippen LogP contribution in [0.25, 0.3) is 0 Å². The van der Waals surface area contributed by atoms with Gasteiger partial charge in [0.05, 0.1) is 6.07 Å². The lowest BCUT2D eigenvalue weighted by molar-refractivity contribution is -0.137. The van der Waals surface area contributed by atoms with Gasteiger partial charge in [-0.1, -0.05) is 6.42 Å². The Balaban J connectivity index is 3.16. The summed E-state index contributed by atoms with van der Waals surface area (Å²) in [6.07, 6.45) is 2.55. The van der Waals surface area contributed by atoms with Crippen molar-refractivity contribution in [1.29, 1.82) is 5.26 Å². The van der Waals surface area contributed by atoms with Crippen molar-refractivity contribution in [2.75, 3.05) is 0 Å². The normalized spacial score (nSPS) is 12.0. The molecule has 0 aromatic carbocycles. The number of carbonyl (C=O) groups is 1. The molecule has 0 heterocycles. The number of rotatable bonds is 5. The van der Waals surface area contributed by atoms with Gasteiger partial charge < -0.3 is 5.11 Å². The van der Waals surface area contributed by atoms with Gasteiger partial charge in [-0.25, -0.2) is 0 Å². The summed E-state index contributed by atoms with van der Waals surface area (Å²) >= 11 is 0. The van der Waals surface area contributed by atoms with Crippen LogP contribution >= 0.6 is 0 Å². The molecule has 11 heavy (non-hydrogen) atoms. The molecule has 0 saturated heterocycles. The van der Waals surface area contributed by atoms with Gasteiger partial charge in [0.2, 0.25) is 0 Å². The Hall–Kier alpha value is -1.04.